The first kappa shape index (κ1) is 41.5. The highest BCUT2D eigenvalue weighted by Crippen LogP contribution is 2.46. The highest BCUT2D eigenvalue weighted by molar-refractivity contribution is 6.24. The Labute approximate surface area is 431 Å². The highest BCUT2D eigenvalue weighted by atomic mass is 15.2. The average Bonchev–Trinajstić information content (AvgIpc) is 4.22. The van der Waals surface area contributed by atoms with Gasteiger partial charge in [-0.3, -0.25) is 9.13 Å². The summed E-state index contributed by atoms with van der Waals surface area (Å²) in [5.74, 6) is 1.65. The van der Waals surface area contributed by atoms with Gasteiger partial charge in [0.05, 0.1) is 50.2 Å². The van der Waals surface area contributed by atoms with Gasteiger partial charge in [-0.2, -0.15) is 0 Å². The second kappa shape index (κ2) is 16.2. The van der Waals surface area contributed by atoms with Crippen molar-refractivity contribution < 1.29 is 0 Å². The summed E-state index contributed by atoms with van der Waals surface area (Å²) < 4.78 is 7.33. The van der Waals surface area contributed by atoms with Gasteiger partial charge in [0.2, 0.25) is 0 Å². The number of para-hydroxylation sites is 3. The van der Waals surface area contributed by atoms with Gasteiger partial charge in [0.15, 0.2) is 5.82 Å². The molecule has 0 amide bonds. The molecule has 5 aromatic heterocycles. The van der Waals surface area contributed by atoms with Crippen LogP contribution in [0.25, 0.3) is 149 Å². The Balaban J connectivity index is 1.08. The number of hydrogen-bond donors (Lipinski definition) is 0. The molecule has 0 fully saturated rings. The Bertz CT molecular complexity index is 5000. The predicted molar refractivity (Wildman–Crippen MR) is 314 cm³/mol. The fraction of sp³-hybridized carbons (Fsp3) is 0. The van der Waals surface area contributed by atoms with E-state index >= 15 is 0 Å². The second-order valence-electron chi connectivity index (χ2n) is 19.7. The Morgan fingerprint density at radius 2 is 0.653 bits per heavy atom. The normalized spacial score (nSPS) is 12.0. The monoisotopic (exact) mass is 953 g/mol. The van der Waals surface area contributed by atoms with Gasteiger partial charge in [-0.15, -0.1) is 0 Å². The molecule has 0 N–H and O–H groups in total. The molecule has 16 aromatic rings. The molecule has 0 atom stereocenters. The van der Waals surface area contributed by atoms with Crippen molar-refractivity contribution in [1.29, 1.82) is 0 Å². The fourth-order valence-corrected chi connectivity index (χ4v) is 12.3. The average molecular weight is 954 g/mol. The number of aromatic nitrogens is 5. The smallest absolute Gasteiger partial charge is 0.165 e. The molecule has 5 heteroatoms. The van der Waals surface area contributed by atoms with E-state index in [1.165, 1.54) is 64.6 Å². The largest absolute Gasteiger partial charge is 0.305 e. The van der Waals surface area contributed by atoms with Crippen molar-refractivity contribution in [3.8, 4) is 51.0 Å². The van der Waals surface area contributed by atoms with Crippen molar-refractivity contribution in [3.63, 3.8) is 0 Å². The van der Waals surface area contributed by atoms with Crippen LogP contribution in [-0.2, 0) is 0 Å². The van der Waals surface area contributed by atoms with Gasteiger partial charge in [0.25, 0.3) is 0 Å². The fourth-order valence-electron chi connectivity index (χ4n) is 12.3. The molecule has 5 heterocycles. The maximum atomic E-state index is 6.14. The van der Waals surface area contributed by atoms with Crippen molar-refractivity contribution in [2.45, 2.75) is 0 Å². The maximum absolute atomic E-state index is 6.14. The van der Waals surface area contributed by atoms with E-state index < -0.39 is 0 Å². The van der Waals surface area contributed by atoms with Crippen LogP contribution in [0.4, 0.5) is 0 Å². The zero-order valence-corrected chi connectivity index (χ0v) is 40.6. The van der Waals surface area contributed by atoms with E-state index in [1.807, 2.05) is 6.07 Å². The van der Waals surface area contributed by atoms with Crippen LogP contribution in [0.5, 0.6) is 0 Å². The number of pyridine rings is 2. The summed E-state index contributed by atoms with van der Waals surface area (Å²) in [6.07, 6.45) is 0. The molecule has 0 aliphatic heterocycles. The van der Waals surface area contributed by atoms with E-state index in [0.717, 1.165) is 84.1 Å². The van der Waals surface area contributed by atoms with Gasteiger partial charge >= 0.3 is 0 Å². The number of nitrogens with zero attached hydrogens (tertiary/aromatic N) is 5. The van der Waals surface area contributed by atoms with Gasteiger partial charge < -0.3 is 4.57 Å². The van der Waals surface area contributed by atoms with Crippen molar-refractivity contribution in [3.05, 3.63) is 261 Å². The molecule has 16 rings (SSSR count). The molecule has 0 bridgehead atoms. The summed E-state index contributed by atoms with van der Waals surface area (Å²) in [6, 6.07) is 94.6. The predicted octanol–water partition coefficient (Wildman–Crippen LogP) is 18.2. The van der Waals surface area contributed by atoms with Gasteiger partial charge in [0.1, 0.15) is 5.82 Å². The minimum atomic E-state index is 0.824. The molecule has 0 unspecified atom stereocenters. The quantitative estimate of drug-likeness (QED) is 0.167. The lowest BCUT2D eigenvalue weighted by molar-refractivity contribution is 0.985. The van der Waals surface area contributed by atoms with E-state index in [4.69, 9.17) is 9.97 Å². The second-order valence-corrected chi connectivity index (χ2v) is 19.7. The molecule has 0 spiro atoms. The van der Waals surface area contributed by atoms with Crippen LogP contribution in [0.3, 0.4) is 0 Å². The molecule has 5 nitrogen and oxygen atoms in total. The summed E-state index contributed by atoms with van der Waals surface area (Å²) in [6.45, 7) is 0. The number of rotatable bonds is 6. The lowest BCUT2D eigenvalue weighted by atomic mass is 10.00. The minimum Gasteiger partial charge on any atom is -0.305 e. The van der Waals surface area contributed by atoms with E-state index in [0.29, 0.717) is 0 Å². The Kier molecular flexibility index (Phi) is 8.97. The van der Waals surface area contributed by atoms with Crippen LogP contribution in [0.15, 0.2) is 261 Å². The van der Waals surface area contributed by atoms with Crippen molar-refractivity contribution in [2.24, 2.45) is 0 Å². The van der Waals surface area contributed by atoms with Crippen molar-refractivity contribution in [1.82, 2.24) is 23.7 Å². The van der Waals surface area contributed by atoms with Gasteiger partial charge in [-0.25, -0.2) is 9.97 Å². The van der Waals surface area contributed by atoms with Crippen LogP contribution in [0.1, 0.15) is 0 Å². The standard InChI is InChI=1S/C70H43N5/c1-2-20-48(21-3-1)57-28-16-29-58(71-57)49-35-33-47(34-36-49)56-43-65(73-59-30-13-10-25-53(59)66-50-22-7-4-17-44(50)37-40-62(66)73)72-70(75-61-32-15-12-27-55(61)68-52-24-9-6-19-46(52)39-42-64(68)75)69(56)74-60-31-14-11-26-54(60)67-51-23-8-5-18-45(51)38-41-63(67)74/h1-43H. The zero-order chi connectivity index (χ0) is 49.1. The molecular weight excluding hydrogens is 911 g/mol. The third-order valence-corrected chi connectivity index (χ3v) is 15.6. The van der Waals surface area contributed by atoms with Crippen LogP contribution in [0, 0.1) is 0 Å². The SMILES string of the molecule is c1ccc(-c2cccc(-c3ccc(-c4cc(-n5c6ccccc6c6c7ccccc7ccc65)nc(-n5c6ccccc6c6c7ccccc7ccc65)c4-n4c5ccccc5c5c6ccccc6ccc54)cc3)n2)cc1. The van der Waals surface area contributed by atoms with E-state index in [-0.39, 0.29) is 0 Å². The van der Waals surface area contributed by atoms with E-state index in [9.17, 15) is 0 Å². The number of benzene rings is 11. The summed E-state index contributed by atoms with van der Waals surface area (Å²) in [7, 11) is 0. The zero-order valence-electron chi connectivity index (χ0n) is 40.6. The molecule has 11 aromatic carbocycles. The highest BCUT2D eigenvalue weighted by Gasteiger charge is 2.28. The van der Waals surface area contributed by atoms with Crippen molar-refractivity contribution >= 4 is 97.7 Å². The van der Waals surface area contributed by atoms with E-state index in [1.54, 1.807) is 0 Å². The number of hydrogen-bond acceptors (Lipinski definition) is 2. The third kappa shape index (κ3) is 6.19. The minimum absolute atomic E-state index is 0.824. The first-order chi connectivity index (χ1) is 37.2. The lowest BCUT2D eigenvalue weighted by Gasteiger charge is -2.22. The summed E-state index contributed by atoms with van der Waals surface area (Å²) >= 11 is 0. The Morgan fingerprint density at radius 3 is 1.19 bits per heavy atom. The van der Waals surface area contributed by atoms with E-state index in [2.05, 4.69) is 268 Å². The number of fused-ring (bicyclic) bond motifs is 15. The molecule has 75 heavy (non-hydrogen) atoms. The molecule has 0 aliphatic carbocycles. The van der Waals surface area contributed by atoms with Crippen LogP contribution < -0.4 is 0 Å². The Morgan fingerprint density at radius 1 is 0.253 bits per heavy atom. The molecule has 0 radical (unpaired) electrons. The molecular formula is C70H43N5. The van der Waals surface area contributed by atoms with Crippen LogP contribution in [-0.4, -0.2) is 23.7 Å². The summed E-state index contributed by atoms with van der Waals surface area (Å²) in [5, 5.41) is 14.4. The van der Waals surface area contributed by atoms with Crippen LogP contribution >= 0.6 is 0 Å². The molecule has 348 valence electrons. The van der Waals surface area contributed by atoms with Crippen LogP contribution in [0.2, 0.25) is 0 Å². The van der Waals surface area contributed by atoms with Gasteiger partial charge in [-0.1, -0.05) is 206 Å². The molecule has 0 aliphatic rings. The van der Waals surface area contributed by atoms with Crippen molar-refractivity contribution in [2.75, 3.05) is 0 Å². The summed E-state index contributed by atoms with van der Waals surface area (Å²) in [5.41, 5.74) is 13.7. The van der Waals surface area contributed by atoms with Gasteiger partial charge in [0, 0.05) is 49.0 Å². The Hall–Kier alpha value is -10.1. The maximum Gasteiger partial charge on any atom is 0.165 e. The first-order valence-corrected chi connectivity index (χ1v) is 25.7. The first-order valence-electron chi connectivity index (χ1n) is 25.7. The lowest BCUT2D eigenvalue weighted by Crippen LogP contribution is -2.11. The molecule has 0 saturated heterocycles. The molecule has 0 saturated carbocycles. The third-order valence-electron chi connectivity index (χ3n) is 15.6. The van der Waals surface area contributed by atoms with Gasteiger partial charge in [-0.05, 0) is 92.5 Å². The summed E-state index contributed by atoms with van der Waals surface area (Å²) in [4.78, 5) is 11.3. The topological polar surface area (TPSA) is 40.6 Å².